The van der Waals surface area contributed by atoms with Crippen LogP contribution in [-0.4, -0.2) is 262 Å². The van der Waals surface area contributed by atoms with Crippen molar-refractivity contribution in [3.63, 3.8) is 0 Å². The molecule has 1 aromatic heterocycles. The van der Waals surface area contributed by atoms with Gasteiger partial charge in [0.25, 0.3) is 0 Å². The lowest BCUT2D eigenvalue weighted by Gasteiger charge is -2.32. The van der Waals surface area contributed by atoms with Gasteiger partial charge in [0.2, 0.25) is 76.8 Å². The molecule has 97 heavy (non-hydrogen) atoms. The highest BCUT2D eigenvalue weighted by atomic mass is 16.4. The van der Waals surface area contributed by atoms with Gasteiger partial charge in [-0.3, -0.25) is 77.3 Å². The van der Waals surface area contributed by atoms with Crippen LogP contribution in [0.4, 0.5) is 0 Å². The maximum absolute atomic E-state index is 14.4. The van der Waals surface area contributed by atoms with Gasteiger partial charge in [-0.25, -0.2) is 9.78 Å². The summed E-state index contributed by atoms with van der Waals surface area (Å²) in [6, 6.07) is -17.3. The SMILES string of the molecule is CC(C)C[C@H](NC(=O)[C@@H]1CCCN1C(=O)[C@H](CC(N)=O)NC(=O)[C@@H]1C[C@@H](O)CN1C(=O)CNC(=O)[C@H](CC(=O)O)NC(=O)[C@@H]1C[C@@H](O)CN1C(=O)[C@@H](NC(=O)[C@H](CCC(=O)O)NC(=O)[C@@H](N)CCCNC(=N)N)C(C)C)C(=O)N[C@@H](Cc1c[nH]cn1)C(=O)N[C@@H](CC(N)=O)C(=O)O. The fourth-order valence-electron chi connectivity index (χ4n) is 11.0. The quantitative estimate of drug-likeness (QED) is 0.0166. The molecule has 3 aliphatic rings. The van der Waals surface area contributed by atoms with Crippen molar-refractivity contribution >= 4 is 101 Å². The summed E-state index contributed by atoms with van der Waals surface area (Å²) in [5.41, 5.74) is 22.2. The molecule has 0 aliphatic carbocycles. The second-order valence-electron chi connectivity index (χ2n) is 24.5. The van der Waals surface area contributed by atoms with Crippen molar-refractivity contribution in [3.05, 3.63) is 18.2 Å². The Labute approximate surface area is 554 Å². The third kappa shape index (κ3) is 24.9. The van der Waals surface area contributed by atoms with Crippen LogP contribution in [0.5, 0.6) is 0 Å². The second kappa shape index (κ2) is 37.3. The third-order valence-corrected chi connectivity index (χ3v) is 15.9. The number of aromatic nitrogens is 2. The number of aromatic amines is 1. The van der Waals surface area contributed by atoms with Gasteiger partial charge in [0.15, 0.2) is 5.96 Å². The van der Waals surface area contributed by atoms with Crippen molar-refractivity contribution in [3.8, 4) is 0 Å². The summed E-state index contributed by atoms with van der Waals surface area (Å²) < 4.78 is 0. The van der Waals surface area contributed by atoms with E-state index in [0.29, 0.717) is 0 Å². The van der Waals surface area contributed by atoms with E-state index in [4.69, 9.17) is 28.3 Å². The first-order valence-electron chi connectivity index (χ1n) is 31.2. The minimum absolute atomic E-state index is 0.000319. The fourth-order valence-corrected chi connectivity index (χ4v) is 11.0. The number of carboxylic acid groups (broad SMARTS) is 3. The van der Waals surface area contributed by atoms with Crippen LogP contribution in [0, 0.1) is 17.2 Å². The predicted octanol–water partition coefficient (Wildman–Crippen LogP) is -9.16. The molecule has 0 spiro atoms. The van der Waals surface area contributed by atoms with E-state index in [1.165, 1.54) is 26.4 Å². The smallest absolute Gasteiger partial charge is 0.326 e. The molecule has 0 radical (unpaired) electrons. The Morgan fingerprint density at radius 3 is 1.71 bits per heavy atom. The van der Waals surface area contributed by atoms with E-state index in [1.807, 2.05) is 0 Å². The van der Waals surface area contributed by atoms with Crippen molar-refractivity contribution in [1.82, 2.24) is 72.5 Å². The molecule has 3 fully saturated rings. The topological polar surface area (TPSA) is 649 Å². The predicted molar refractivity (Wildman–Crippen MR) is 332 cm³/mol. The fraction of sp³-hybridized carbons (Fsp3) is 0.649. The van der Waals surface area contributed by atoms with Gasteiger partial charge in [-0.1, -0.05) is 27.7 Å². The lowest BCUT2D eigenvalue weighted by atomic mass is 10.0. The average molecular weight is 1380 g/mol. The lowest BCUT2D eigenvalue weighted by molar-refractivity contribution is -0.145. The van der Waals surface area contributed by atoms with E-state index in [1.54, 1.807) is 13.8 Å². The Kier molecular flexibility index (Phi) is 30.5. The first-order chi connectivity index (χ1) is 45.5. The maximum Gasteiger partial charge on any atom is 0.326 e. The minimum atomic E-state index is -1.98. The summed E-state index contributed by atoms with van der Waals surface area (Å²) in [6.45, 7) is 4.43. The van der Waals surface area contributed by atoms with Crippen LogP contribution in [0.25, 0.3) is 0 Å². The summed E-state index contributed by atoms with van der Waals surface area (Å²) >= 11 is 0. The van der Waals surface area contributed by atoms with Crippen molar-refractivity contribution in [1.29, 1.82) is 5.41 Å². The Hall–Kier alpha value is -10.1. The summed E-state index contributed by atoms with van der Waals surface area (Å²) in [5.74, 6) is -19.4. The van der Waals surface area contributed by atoms with E-state index >= 15 is 0 Å². The summed E-state index contributed by atoms with van der Waals surface area (Å²) in [7, 11) is 0. The highest BCUT2D eigenvalue weighted by Gasteiger charge is 2.46. The van der Waals surface area contributed by atoms with Gasteiger partial charge in [-0.15, -0.1) is 0 Å². The number of nitrogens with zero attached hydrogens (tertiary/aromatic N) is 4. The molecule has 13 amide bonds. The standard InChI is InChI=1S/C57H89N19O21/c1-25(2)13-32(49(89)68-33(14-27-20-63-24-66-27)50(90)72-36(56(96)97)18-41(60)80)69-51(91)37-8-6-12-74(37)54(94)35(17-40(59)79)71-52(92)38-15-28(77)22-75(38)42(81)21-65-47(87)34(19-44(84)85)70-53(93)39-16-29(78)23-76(39)55(95)45(26(3)4)73-48(88)31(9-10-43(82)83)67-46(86)30(58)7-5-11-64-57(61)62/h20,24-26,28-39,45,77-78H,5-19,21-23,58H2,1-4H3,(H2,59,79)(H2,60,80)(H,63,66)(H,65,87)(H,67,86)(H,68,89)(H,69,91)(H,70,93)(H,71,92)(H,72,90)(H,73,88)(H,82,83)(H,84,85)(H,96,97)(H4,61,62,64)/t28-,29-,30+,31+,32+,33+,34+,35+,36+,37+,38+,39+,45+/m1/s1. The largest absolute Gasteiger partial charge is 0.481 e. The number of primary amides is 2. The molecule has 40 heteroatoms. The number of hydrogen-bond donors (Lipinski definition) is 20. The molecule has 0 unspecified atom stereocenters. The van der Waals surface area contributed by atoms with Crippen LogP contribution in [0.2, 0.25) is 0 Å². The molecule has 3 aliphatic heterocycles. The average Bonchev–Trinajstić information content (AvgIpc) is 1.72. The number of nitrogens with one attached hydrogen (secondary N) is 11. The number of guanidine groups is 1. The number of carbonyl (C=O) groups is 16. The third-order valence-electron chi connectivity index (χ3n) is 15.9. The zero-order valence-corrected chi connectivity index (χ0v) is 53.9. The van der Waals surface area contributed by atoms with Crippen LogP contribution in [0.15, 0.2) is 12.5 Å². The monoisotopic (exact) mass is 1380 g/mol. The molecule has 1 aromatic rings. The number of carboxylic acids is 3. The summed E-state index contributed by atoms with van der Waals surface area (Å²) in [5, 5.41) is 79.0. The minimum Gasteiger partial charge on any atom is -0.481 e. The van der Waals surface area contributed by atoms with Crippen molar-refractivity contribution in [2.45, 2.75) is 190 Å². The van der Waals surface area contributed by atoms with Gasteiger partial charge >= 0.3 is 17.9 Å². The van der Waals surface area contributed by atoms with Crippen LogP contribution in [0.3, 0.4) is 0 Å². The number of H-pyrrole nitrogens is 1. The van der Waals surface area contributed by atoms with Gasteiger partial charge in [0.1, 0.15) is 60.4 Å². The van der Waals surface area contributed by atoms with E-state index in [2.05, 4.69) is 57.8 Å². The molecule has 3 saturated heterocycles. The number of hydrogen-bond acceptors (Lipinski definition) is 21. The molecule has 13 atom stereocenters. The Balaban J connectivity index is 1.45. The highest BCUT2D eigenvalue weighted by molar-refractivity contribution is 6.01. The second-order valence-corrected chi connectivity index (χ2v) is 24.5. The molecule has 4 rings (SSSR count). The molecule has 40 nitrogen and oxygen atoms in total. The zero-order chi connectivity index (χ0) is 72.7. The first kappa shape index (κ1) is 79.3. The van der Waals surface area contributed by atoms with E-state index < -0.39 is 244 Å². The number of imidazole rings is 1. The van der Waals surface area contributed by atoms with Crippen molar-refractivity contribution < 1.29 is 102 Å². The Bertz CT molecular complexity index is 3080. The molecule has 538 valence electrons. The van der Waals surface area contributed by atoms with Crippen LogP contribution in [-0.2, 0) is 83.1 Å². The number of rotatable bonds is 38. The number of likely N-dealkylation sites (tertiary alicyclic amines) is 3. The van der Waals surface area contributed by atoms with Crippen molar-refractivity contribution in [2.24, 2.45) is 34.8 Å². The number of nitrogens with two attached hydrogens (primary N) is 4. The first-order valence-corrected chi connectivity index (χ1v) is 31.2. The number of carbonyl (C=O) groups excluding carboxylic acids is 13. The molecular formula is C57H89N19O21. The number of aliphatic hydroxyl groups excluding tert-OH is 2. The molecular weight excluding hydrogens is 1290 g/mol. The van der Waals surface area contributed by atoms with Gasteiger partial charge < -0.3 is 116 Å². The van der Waals surface area contributed by atoms with Crippen molar-refractivity contribution in [2.75, 3.05) is 32.7 Å². The molecule has 24 N–H and O–H groups in total. The molecule has 0 saturated carbocycles. The van der Waals surface area contributed by atoms with E-state index in [9.17, 15) is 102 Å². The summed E-state index contributed by atoms with van der Waals surface area (Å²) in [6.07, 6.45) is -4.66. The van der Waals surface area contributed by atoms with E-state index in [0.717, 1.165) is 14.7 Å². The molecule has 0 aromatic carbocycles. The Morgan fingerprint density at radius 2 is 1.15 bits per heavy atom. The molecule has 0 bridgehead atoms. The Morgan fingerprint density at radius 1 is 0.608 bits per heavy atom. The van der Waals surface area contributed by atoms with Crippen LogP contribution < -0.4 is 70.8 Å². The summed E-state index contributed by atoms with van der Waals surface area (Å²) in [4.78, 5) is 222. The van der Waals surface area contributed by atoms with Crippen LogP contribution >= 0.6 is 0 Å². The van der Waals surface area contributed by atoms with Gasteiger partial charge in [0, 0.05) is 58.1 Å². The normalized spacial score (nSPS) is 19.9. The lowest BCUT2D eigenvalue weighted by Crippen LogP contribution is -2.60. The van der Waals surface area contributed by atoms with Gasteiger partial charge in [-0.05, 0) is 50.4 Å². The maximum atomic E-state index is 14.4. The highest BCUT2D eigenvalue weighted by Crippen LogP contribution is 2.25. The number of amides is 13. The number of aliphatic hydroxyl groups is 2. The van der Waals surface area contributed by atoms with E-state index in [-0.39, 0.29) is 69.2 Å². The number of aliphatic carboxylic acids is 3. The van der Waals surface area contributed by atoms with Crippen LogP contribution in [0.1, 0.15) is 110 Å². The van der Waals surface area contributed by atoms with Gasteiger partial charge in [0.05, 0.1) is 56.1 Å². The van der Waals surface area contributed by atoms with Gasteiger partial charge in [-0.2, -0.15) is 0 Å². The molecule has 4 heterocycles. The number of β-amino-alcohol motifs (C(OH)–C–C–N with tert-alkyl or cyclic N) is 2. The zero-order valence-electron chi connectivity index (χ0n) is 53.9.